The number of carboxylic acid groups (broad SMARTS) is 1. The minimum atomic E-state index is -3.92. The van der Waals surface area contributed by atoms with Crippen LogP contribution in [0, 0.1) is 5.92 Å². The van der Waals surface area contributed by atoms with Crippen LogP contribution in [0.25, 0.3) is 0 Å². The SMILES string of the molecule is CC(C)CNc1ccc(C(=O)O)cc1S(=O)(=O)NC(C)c1ccccc1. The molecule has 140 valence electrons. The van der Waals surface area contributed by atoms with Crippen molar-refractivity contribution in [3.8, 4) is 0 Å². The van der Waals surface area contributed by atoms with Gasteiger partial charge in [0.15, 0.2) is 0 Å². The molecule has 0 saturated heterocycles. The lowest BCUT2D eigenvalue weighted by Gasteiger charge is -2.18. The Morgan fingerprint density at radius 3 is 2.31 bits per heavy atom. The quantitative estimate of drug-likeness (QED) is 0.655. The van der Waals surface area contributed by atoms with E-state index in [4.69, 9.17) is 0 Å². The third-order valence-corrected chi connectivity index (χ3v) is 5.43. The first-order chi connectivity index (χ1) is 12.2. The smallest absolute Gasteiger partial charge is 0.335 e. The number of aromatic carboxylic acids is 1. The summed E-state index contributed by atoms with van der Waals surface area (Å²) in [5, 5.41) is 12.3. The molecule has 2 rings (SSSR count). The molecule has 0 aliphatic heterocycles. The Balaban J connectivity index is 2.38. The molecule has 0 amide bonds. The number of carbonyl (C=O) groups is 1. The molecule has 7 heteroatoms. The molecule has 6 nitrogen and oxygen atoms in total. The van der Waals surface area contributed by atoms with Crippen LogP contribution < -0.4 is 10.0 Å². The maximum absolute atomic E-state index is 12.9. The van der Waals surface area contributed by atoms with Crippen LogP contribution in [0.4, 0.5) is 5.69 Å². The van der Waals surface area contributed by atoms with Crippen molar-refractivity contribution in [3.05, 3.63) is 59.7 Å². The molecular formula is C19H24N2O4S. The van der Waals surface area contributed by atoms with E-state index in [9.17, 15) is 18.3 Å². The molecule has 0 aromatic heterocycles. The molecule has 0 bridgehead atoms. The van der Waals surface area contributed by atoms with Crippen molar-refractivity contribution in [3.63, 3.8) is 0 Å². The third kappa shape index (κ3) is 5.06. The van der Waals surface area contributed by atoms with Gasteiger partial charge in [-0.1, -0.05) is 44.2 Å². The van der Waals surface area contributed by atoms with E-state index < -0.39 is 22.0 Å². The molecule has 0 aliphatic carbocycles. The van der Waals surface area contributed by atoms with Crippen molar-refractivity contribution < 1.29 is 18.3 Å². The number of hydrogen-bond donors (Lipinski definition) is 3. The average Bonchev–Trinajstić information content (AvgIpc) is 2.60. The second-order valence-corrected chi connectivity index (χ2v) is 8.23. The van der Waals surface area contributed by atoms with E-state index in [1.54, 1.807) is 6.92 Å². The fraction of sp³-hybridized carbons (Fsp3) is 0.316. The van der Waals surface area contributed by atoms with Gasteiger partial charge in [-0.25, -0.2) is 17.9 Å². The van der Waals surface area contributed by atoms with E-state index in [1.807, 2.05) is 44.2 Å². The Bertz CT molecular complexity index is 864. The Morgan fingerprint density at radius 2 is 1.73 bits per heavy atom. The van der Waals surface area contributed by atoms with Gasteiger partial charge in [0, 0.05) is 12.6 Å². The van der Waals surface area contributed by atoms with Gasteiger partial charge in [0.25, 0.3) is 0 Å². The van der Waals surface area contributed by atoms with E-state index in [0.717, 1.165) is 5.56 Å². The van der Waals surface area contributed by atoms with Crippen molar-refractivity contribution in [2.75, 3.05) is 11.9 Å². The third-order valence-electron chi connectivity index (χ3n) is 3.85. The van der Waals surface area contributed by atoms with Gasteiger partial charge in [-0.3, -0.25) is 0 Å². The Hall–Kier alpha value is -2.38. The van der Waals surface area contributed by atoms with Gasteiger partial charge in [-0.2, -0.15) is 0 Å². The molecule has 0 fully saturated rings. The minimum Gasteiger partial charge on any atom is -0.478 e. The van der Waals surface area contributed by atoms with Gasteiger partial charge in [-0.15, -0.1) is 0 Å². The summed E-state index contributed by atoms with van der Waals surface area (Å²) in [7, 11) is -3.92. The first-order valence-corrected chi connectivity index (χ1v) is 9.87. The standard InChI is InChI=1S/C19H24N2O4S/c1-13(2)12-20-17-10-9-16(19(22)23)11-18(17)26(24,25)21-14(3)15-7-5-4-6-8-15/h4-11,13-14,20-21H,12H2,1-3H3,(H,22,23). The lowest BCUT2D eigenvalue weighted by Crippen LogP contribution is -2.28. The first-order valence-electron chi connectivity index (χ1n) is 8.39. The zero-order valence-electron chi connectivity index (χ0n) is 15.1. The van der Waals surface area contributed by atoms with Crippen LogP contribution >= 0.6 is 0 Å². The van der Waals surface area contributed by atoms with E-state index in [-0.39, 0.29) is 10.5 Å². The van der Waals surface area contributed by atoms with Crippen molar-refractivity contribution in [2.45, 2.75) is 31.7 Å². The molecule has 1 unspecified atom stereocenters. The molecule has 2 aromatic carbocycles. The summed E-state index contributed by atoms with van der Waals surface area (Å²) in [6.07, 6.45) is 0. The van der Waals surface area contributed by atoms with Gasteiger partial charge >= 0.3 is 5.97 Å². The highest BCUT2D eigenvalue weighted by Crippen LogP contribution is 2.25. The summed E-state index contributed by atoms with van der Waals surface area (Å²) in [5.74, 6) is -0.867. The molecule has 1 atom stereocenters. The van der Waals surface area contributed by atoms with Crippen molar-refractivity contribution in [2.24, 2.45) is 5.92 Å². The van der Waals surface area contributed by atoms with Crippen LogP contribution in [0.5, 0.6) is 0 Å². The van der Waals surface area contributed by atoms with Crippen LogP contribution in [0.3, 0.4) is 0 Å². The largest absolute Gasteiger partial charge is 0.478 e. The summed E-state index contributed by atoms with van der Waals surface area (Å²) < 4.78 is 28.4. The van der Waals surface area contributed by atoms with Gasteiger partial charge in [0.2, 0.25) is 10.0 Å². The number of anilines is 1. The number of nitrogens with one attached hydrogen (secondary N) is 2. The number of hydrogen-bond acceptors (Lipinski definition) is 4. The van der Waals surface area contributed by atoms with Gasteiger partial charge < -0.3 is 10.4 Å². The number of rotatable bonds is 8. The maximum Gasteiger partial charge on any atom is 0.335 e. The topological polar surface area (TPSA) is 95.5 Å². The molecule has 2 aromatic rings. The van der Waals surface area contributed by atoms with Crippen molar-refractivity contribution >= 4 is 21.7 Å². The van der Waals surface area contributed by atoms with Crippen LogP contribution in [0.15, 0.2) is 53.4 Å². The predicted octanol–water partition coefficient (Wildman–Crippen LogP) is 3.49. The fourth-order valence-electron chi connectivity index (χ4n) is 2.44. The van der Waals surface area contributed by atoms with Gasteiger partial charge in [-0.05, 0) is 36.6 Å². The van der Waals surface area contributed by atoms with E-state index in [2.05, 4.69) is 10.0 Å². The normalized spacial score (nSPS) is 12.8. The monoisotopic (exact) mass is 376 g/mol. The summed E-state index contributed by atoms with van der Waals surface area (Å²) in [4.78, 5) is 11.2. The Kier molecular flexibility index (Phi) is 6.39. The molecule has 0 radical (unpaired) electrons. The highest BCUT2D eigenvalue weighted by atomic mass is 32.2. The Labute approximate surface area is 154 Å². The number of benzene rings is 2. The maximum atomic E-state index is 12.9. The molecule has 0 aliphatic rings. The lowest BCUT2D eigenvalue weighted by atomic mass is 10.1. The summed E-state index contributed by atoms with van der Waals surface area (Å²) in [6, 6.07) is 12.8. The molecule has 0 saturated carbocycles. The van der Waals surface area contributed by atoms with Crippen molar-refractivity contribution in [1.29, 1.82) is 0 Å². The van der Waals surface area contributed by atoms with E-state index in [0.29, 0.717) is 18.2 Å². The van der Waals surface area contributed by atoms with E-state index in [1.165, 1.54) is 18.2 Å². The highest BCUT2D eigenvalue weighted by Gasteiger charge is 2.23. The summed E-state index contributed by atoms with van der Waals surface area (Å²) >= 11 is 0. The van der Waals surface area contributed by atoms with Crippen LogP contribution in [0.1, 0.15) is 42.7 Å². The lowest BCUT2D eigenvalue weighted by molar-refractivity contribution is 0.0696. The minimum absolute atomic E-state index is 0.0687. The second-order valence-electron chi connectivity index (χ2n) is 6.54. The zero-order chi connectivity index (χ0) is 19.3. The zero-order valence-corrected chi connectivity index (χ0v) is 15.9. The number of sulfonamides is 1. The van der Waals surface area contributed by atoms with Gasteiger partial charge in [0.1, 0.15) is 4.90 Å². The fourth-order valence-corrected chi connectivity index (χ4v) is 3.88. The van der Waals surface area contributed by atoms with Crippen LogP contribution in [-0.4, -0.2) is 26.0 Å². The molecule has 26 heavy (non-hydrogen) atoms. The van der Waals surface area contributed by atoms with E-state index >= 15 is 0 Å². The number of carboxylic acids is 1. The summed E-state index contributed by atoms with van der Waals surface area (Å²) in [5.41, 5.74) is 1.13. The highest BCUT2D eigenvalue weighted by molar-refractivity contribution is 7.89. The van der Waals surface area contributed by atoms with Crippen LogP contribution in [0.2, 0.25) is 0 Å². The molecule has 0 heterocycles. The molecule has 3 N–H and O–H groups in total. The summed E-state index contributed by atoms with van der Waals surface area (Å²) in [6.45, 7) is 6.32. The molecular weight excluding hydrogens is 352 g/mol. The Morgan fingerprint density at radius 1 is 1.08 bits per heavy atom. The predicted molar refractivity (Wildman–Crippen MR) is 102 cm³/mol. The first kappa shape index (κ1) is 19.9. The van der Waals surface area contributed by atoms with Gasteiger partial charge in [0.05, 0.1) is 11.3 Å². The average molecular weight is 376 g/mol. The molecule has 0 spiro atoms. The second kappa shape index (κ2) is 8.33. The van der Waals surface area contributed by atoms with Crippen molar-refractivity contribution in [1.82, 2.24) is 4.72 Å². The van der Waals surface area contributed by atoms with Crippen LogP contribution in [-0.2, 0) is 10.0 Å².